The van der Waals surface area contributed by atoms with Crippen molar-refractivity contribution in [1.29, 1.82) is 0 Å². The van der Waals surface area contributed by atoms with Gasteiger partial charge in [-0.15, -0.1) is 0 Å². The van der Waals surface area contributed by atoms with Crippen LogP contribution < -0.4 is 9.93 Å². The second-order valence-electron chi connectivity index (χ2n) is 10.9. The Morgan fingerprint density at radius 2 is 1.52 bits per heavy atom. The van der Waals surface area contributed by atoms with Crippen LogP contribution in [0, 0.1) is 6.92 Å². The fourth-order valence-electron chi connectivity index (χ4n) is 5.34. The molecule has 2 aromatic rings. The molecule has 4 rings (SSSR count). The zero-order chi connectivity index (χ0) is 34.7. The maximum Gasteiger partial charge on any atom is 0.295 e. The Morgan fingerprint density at radius 3 is 2.19 bits per heavy atom. The van der Waals surface area contributed by atoms with E-state index in [0.29, 0.717) is 47.7 Å². The molecular weight excluding hydrogens is 661 g/mol. The lowest BCUT2D eigenvalue weighted by Crippen LogP contribution is -2.29. The Labute approximate surface area is 280 Å². The standard InChI is InChI=1S/C33H40N4O9S2/c1-4-37(5-2)25-8-11-28-31(22-25)46-30-21-24(3)7-10-27(30)33(28)29-12-9-26(23-32(29)48(40,41)42)47(38,39)20-6-14-43-16-18-45-19-17-44-15-13-35-36-34/h7-12,21-23H,4-6,13-20H2,1-3H3/p+1. The van der Waals surface area contributed by atoms with E-state index in [0.717, 1.165) is 30.1 Å². The maximum atomic E-state index is 13.3. The molecule has 1 aliphatic heterocycles. The van der Waals surface area contributed by atoms with Gasteiger partial charge in [-0.3, -0.25) is 4.55 Å². The van der Waals surface area contributed by atoms with Gasteiger partial charge in [0.2, 0.25) is 5.36 Å². The number of rotatable bonds is 18. The lowest BCUT2D eigenvalue weighted by molar-refractivity contribution is 0.0162. The number of benzene rings is 3. The van der Waals surface area contributed by atoms with Crippen molar-refractivity contribution in [3.05, 3.63) is 76.0 Å². The molecule has 2 aromatic carbocycles. The van der Waals surface area contributed by atoms with Crippen LogP contribution in [-0.2, 0) is 34.2 Å². The third-order valence-corrected chi connectivity index (χ3v) is 10.4. The third kappa shape index (κ3) is 9.41. The fourth-order valence-corrected chi connectivity index (χ4v) is 7.44. The van der Waals surface area contributed by atoms with Crippen LogP contribution in [0.2, 0.25) is 0 Å². The molecule has 2 aliphatic rings. The number of sulfone groups is 1. The van der Waals surface area contributed by atoms with E-state index in [2.05, 4.69) is 28.4 Å². The Balaban J connectivity index is 1.56. The average molecular weight is 702 g/mol. The molecule has 0 radical (unpaired) electrons. The van der Waals surface area contributed by atoms with Crippen molar-refractivity contribution in [1.82, 2.24) is 4.58 Å². The van der Waals surface area contributed by atoms with Crippen molar-refractivity contribution in [2.24, 2.45) is 5.11 Å². The molecule has 0 unspecified atom stereocenters. The predicted molar refractivity (Wildman–Crippen MR) is 182 cm³/mol. The van der Waals surface area contributed by atoms with Gasteiger partial charge in [0.15, 0.2) is 9.84 Å². The molecule has 13 nitrogen and oxygen atoms in total. The van der Waals surface area contributed by atoms with Crippen molar-refractivity contribution < 1.29 is 40.0 Å². The number of ether oxygens (including phenoxy) is 3. The van der Waals surface area contributed by atoms with Crippen LogP contribution in [0.1, 0.15) is 25.8 Å². The van der Waals surface area contributed by atoms with Crippen molar-refractivity contribution in [2.45, 2.75) is 37.0 Å². The predicted octanol–water partition coefficient (Wildman–Crippen LogP) is 5.10. The van der Waals surface area contributed by atoms with E-state index in [1.165, 1.54) is 12.1 Å². The van der Waals surface area contributed by atoms with Gasteiger partial charge in [-0.1, -0.05) is 23.3 Å². The van der Waals surface area contributed by atoms with Crippen LogP contribution >= 0.6 is 0 Å². The summed E-state index contributed by atoms with van der Waals surface area (Å²) in [6.07, 6.45) is 0.164. The summed E-state index contributed by atoms with van der Waals surface area (Å²) in [6.45, 7) is 9.50. The monoisotopic (exact) mass is 701 g/mol. The van der Waals surface area contributed by atoms with Crippen LogP contribution in [0.4, 0.5) is 0 Å². The number of nitrogens with zero attached hydrogens (tertiary/aromatic N) is 4. The smallest absolute Gasteiger partial charge is 0.295 e. The molecule has 1 aliphatic carbocycles. The van der Waals surface area contributed by atoms with E-state index in [4.69, 9.17) is 24.2 Å². The molecule has 0 amide bonds. The third-order valence-electron chi connectivity index (χ3n) is 7.69. The van der Waals surface area contributed by atoms with E-state index < -0.39 is 24.9 Å². The van der Waals surface area contributed by atoms with Gasteiger partial charge in [0.05, 0.1) is 49.7 Å². The highest BCUT2D eigenvalue weighted by Crippen LogP contribution is 2.42. The summed E-state index contributed by atoms with van der Waals surface area (Å²) in [4.78, 5) is 1.89. The van der Waals surface area contributed by atoms with Crippen LogP contribution in [0.25, 0.3) is 43.9 Å². The molecule has 0 aromatic heterocycles. The second-order valence-corrected chi connectivity index (χ2v) is 14.4. The first kappa shape index (κ1) is 37.0. The normalized spacial score (nSPS) is 12.0. The van der Waals surface area contributed by atoms with E-state index in [1.807, 2.05) is 43.3 Å². The first-order valence-electron chi connectivity index (χ1n) is 15.6. The summed E-state index contributed by atoms with van der Waals surface area (Å²) in [7, 11) is -8.78. The first-order valence-corrected chi connectivity index (χ1v) is 18.7. The molecule has 0 saturated carbocycles. The Bertz CT molecular complexity index is 2030. The average Bonchev–Trinajstić information content (AvgIpc) is 3.05. The fraction of sp³-hybridized carbons (Fsp3) is 0.424. The second kappa shape index (κ2) is 17.0. The number of fused-ring (bicyclic) bond motifs is 2. The minimum atomic E-state index is -4.86. The largest absolute Gasteiger partial charge is 0.456 e. The summed E-state index contributed by atoms with van der Waals surface area (Å²) >= 11 is 0. The summed E-state index contributed by atoms with van der Waals surface area (Å²) in [6, 6.07) is 15.1. The van der Waals surface area contributed by atoms with Gasteiger partial charge in [0.1, 0.15) is 29.3 Å². The molecule has 0 atom stereocenters. The van der Waals surface area contributed by atoms with Gasteiger partial charge in [-0.2, -0.15) is 8.42 Å². The zero-order valence-electron chi connectivity index (χ0n) is 27.3. The van der Waals surface area contributed by atoms with E-state index >= 15 is 0 Å². The molecule has 0 saturated heterocycles. The zero-order valence-corrected chi connectivity index (χ0v) is 28.9. The minimum absolute atomic E-state index is 0.148. The summed E-state index contributed by atoms with van der Waals surface area (Å²) in [5.74, 6) is 0.229. The lowest BCUT2D eigenvalue weighted by atomic mass is 9.93. The van der Waals surface area contributed by atoms with Gasteiger partial charge < -0.3 is 18.6 Å². The van der Waals surface area contributed by atoms with E-state index in [9.17, 15) is 21.4 Å². The Kier molecular flexibility index (Phi) is 13.1. The highest BCUT2D eigenvalue weighted by Gasteiger charge is 2.27. The Hall–Kier alpha value is -3.82. The van der Waals surface area contributed by atoms with E-state index in [1.54, 1.807) is 0 Å². The van der Waals surface area contributed by atoms with Gasteiger partial charge in [-0.05, 0) is 62.6 Å². The van der Waals surface area contributed by atoms with E-state index in [-0.39, 0.29) is 49.0 Å². The SMILES string of the molecule is CC[N+](CC)=c1ccc2c(-c3ccc(S(=O)(=O)CCCOCCOCCOCCN=[N+]=[N-])cc3S(=O)(=O)O)c3ccc(C)cc3oc-2c1. The number of azide groups is 1. The molecule has 15 heteroatoms. The number of hydrogen-bond donors (Lipinski definition) is 1. The molecule has 0 fully saturated rings. The molecule has 258 valence electrons. The van der Waals surface area contributed by atoms with Gasteiger partial charge in [-0.25, -0.2) is 13.0 Å². The Morgan fingerprint density at radius 1 is 0.854 bits per heavy atom. The van der Waals surface area contributed by atoms with Gasteiger partial charge in [0, 0.05) is 46.2 Å². The van der Waals surface area contributed by atoms with Crippen molar-refractivity contribution >= 4 is 30.9 Å². The topological polar surface area (TPSA) is 181 Å². The molecule has 0 spiro atoms. The van der Waals surface area contributed by atoms with Gasteiger partial charge in [0.25, 0.3) is 10.1 Å². The molecular formula is C33H41N4O9S2+. The highest BCUT2D eigenvalue weighted by atomic mass is 32.2. The lowest BCUT2D eigenvalue weighted by Gasteiger charge is -2.18. The van der Waals surface area contributed by atoms with Crippen LogP contribution in [0.5, 0.6) is 0 Å². The van der Waals surface area contributed by atoms with Crippen LogP contribution in [-0.4, -0.2) is 86.4 Å². The maximum absolute atomic E-state index is 13.3. The number of aryl methyl sites for hydroxylation is 1. The quantitative estimate of drug-likeness (QED) is 0.0281. The summed E-state index contributed by atoms with van der Waals surface area (Å²) in [5, 5.41) is 4.91. The van der Waals surface area contributed by atoms with Crippen molar-refractivity contribution in [2.75, 3.05) is 65.0 Å². The highest BCUT2D eigenvalue weighted by molar-refractivity contribution is 7.91. The molecule has 1 N–H and O–H groups in total. The minimum Gasteiger partial charge on any atom is -0.456 e. The molecule has 48 heavy (non-hydrogen) atoms. The first-order chi connectivity index (χ1) is 23.0. The van der Waals surface area contributed by atoms with Gasteiger partial charge >= 0.3 is 0 Å². The summed E-state index contributed by atoms with van der Waals surface area (Å²) in [5.41, 5.74) is 10.9. The molecule has 0 bridgehead atoms. The van der Waals surface area contributed by atoms with Crippen molar-refractivity contribution in [3.63, 3.8) is 0 Å². The number of hydrogen-bond acceptors (Lipinski definition) is 9. The van der Waals surface area contributed by atoms with Crippen LogP contribution in [0.15, 0.2) is 73.9 Å². The molecule has 1 heterocycles. The van der Waals surface area contributed by atoms with Crippen LogP contribution in [0.3, 0.4) is 0 Å². The van der Waals surface area contributed by atoms with Crippen molar-refractivity contribution in [3.8, 4) is 22.5 Å². The summed E-state index contributed by atoms with van der Waals surface area (Å²) < 4.78 is 87.1.